The lowest BCUT2D eigenvalue weighted by atomic mass is 10.1. The fourth-order valence-corrected chi connectivity index (χ4v) is 2.08. The Morgan fingerprint density at radius 1 is 1.38 bits per heavy atom. The molecule has 1 aromatic rings. The van der Waals surface area contributed by atoms with Crippen LogP contribution in [0.1, 0.15) is 26.3 Å². The maximum atomic E-state index is 12.0. The zero-order valence-corrected chi connectivity index (χ0v) is 13.5. The summed E-state index contributed by atoms with van der Waals surface area (Å²) in [6.45, 7) is 6.77. The standard InChI is InChI=1S/C15H23N3O2S/c1-4-18(10-15(2,3)20)9-13(19)17-12-7-5-11(6-8-12)14(16)21/h5-8,20H,4,9-10H2,1-3H3,(H2,16,21)(H,17,19). The van der Waals surface area contributed by atoms with E-state index in [0.29, 0.717) is 23.8 Å². The predicted molar refractivity (Wildman–Crippen MR) is 89.4 cm³/mol. The number of hydrogen-bond acceptors (Lipinski definition) is 4. The minimum Gasteiger partial charge on any atom is -0.389 e. The number of aliphatic hydroxyl groups is 1. The van der Waals surface area contributed by atoms with Gasteiger partial charge in [0.1, 0.15) is 4.99 Å². The second-order valence-corrected chi connectivity index (χ2v) is 6.05. The number of amides is 1. The first-order valence-corrected chi connectivity index (χ1v) is 7.26. The van der Waals surface area contributed by atoms with E-state index in [1.165, 1.54) is 0 Å². The highest BCUT2D eigenvalue weighted by Gasteiger charge is 2.19. The summed E-state index contributed by atoms with van der Waals surface area (Å²) < 4.78 is 0. The Balaban J connectivity index is 2.58. The molecule has 0 aromatic heterocycles. The Bertz CT molecular complexity index is 495. The monoisotopic (exact) mass is 309 g/mol. The van der Waals surface area contributed by atoms with Crippen LogP contribution in [0.5, 0.6) is 0 Å². The summed E-state index contributed by atoms with van der Waals surface area (Å²) in [6.07, 6.45) is 0. The van der Waals surface area contributed by atoms with Crippen molar-refractivity contribution in [3.63, 3.8) is 0 Å². The van der Waals surface area contributed by atoms with Crippen LogP contribution >= 0.6 is 12.2 Å². The van der Waals surface area contributed by atoms with Crippen LogP contribution in [0, 0.1) is 0 Å². The molecule has 5 nitrogen and oxygen atoms in total. The van der Waals surface area contributed by atoms with E-state index >= 15 is 0 Å². The van der Waals surface area contributed by atoms with Gasteiger partial charge in [0.05, 0.1) is 12.1 Å². The number of likely N-dealkylation sites (N-methyl/N-ethyl adjacent to an activating group) is 1. The Labute approximate surface area is 131 Å². The lowest BCUT2D eigenvalue weighted by molar-refractivity contribution is -0.117. The predicted octanol–water partition coefficient (Wildman–Crippen LogP) is 1.35. The summed E-state index contributed by atoms with van der Waals surface area (Å²) in [6, 6.07) is 7.07. The van der Waals surface area contributed by atoms with Crippen molar-refractivity contribution < 1.29 is 9.90 Å². The molecular formula is C15H23N3O2S. The number of nitrogens with one attached hydrogen (secondary N) is 1. The van der Waals surface area contributed by atoms with Crippen LogP contribution in [0.15, 0.2) is 24.3 Å². The smallest absolute Gasteiger partial charge is 0.238 e. The van der Waals surface area contributed by atoms with Crippen LogP contribution in [0.4, 0.5) is 5.69 Å². The molecule has 4 N–H and O–H groups in total. The van der Waals surface area contributed by atoms with Crippen LogP contribution in [-0.2, 0) is 4.79 Å². The van der Waals surface area contributed by atoms with E-state index < -0.39 is 5.60 Å². The second kappa shape index (κ2) is 7.49. The van der Waals surface area contributed by atoms with E-state index in [9.17, 15) is 9.90 Å². The molecule has 0 radical (unpaired) electrons. The van der Waals surface area contributed by atoms with Crippen LogP contribution in [0.2, 0.25) is 0 Å². The normalized spacial score (nSPS) is 11.5. The molecule has 0 spiro atoms. The molecule has 1 aromatic carbocycles. The van der Waals surface area contributed by atoms with Gasteiger partial charge in [0.25, 0.3) is 0 Å². The Morgan fingerprint density at radius 2 is 1.95 bits per heavy atom. The van der Waals surface area contributed by atoms with Crippen molar-refractivity contribution in [1.82, 2.24) is 4.90 Å². The Morgan fingerprint density at radius 3 is 2.38 bits per heavy atom. The van der Waals surface area contributed by atoms with Gasteiger partial charge in [0.2, 0.25) is 5.91 Å². The van der Waals surface area contributed by atoms with Crippen LogP contribution < -0.4 is 11.1 Å². The SMILES string of the molecule is CCN(CC(=O)Nc1ccc(C(N)=S)cc1)CC(C)(C)O. The molecule has 0 unspecified atom stereocenters. The number of rotatable bonds is 7. The lowest BCUT2D eigenvalue weighted by Gasteiger charge is -2.27. The number of nitrogens with two attached hydrogens (primary N) is 1. The van der Waals surface area contributed by atoms with E-state index in [-0.39, 0.29) is 12.5 Å². The minimum absolute atomic E-state index is 0.121. The summed E-state index contributed by atoms with van der Waals surface area (Å²) in [5.41, 5.74) is 6.15. The molecule has 0 atom stereocenters. The number of nitrogens with zero attached hydrogens (tertiary/aromatic N) is 1. The highest BCUT2D eigenvalue weighted by atomic mass is 32.1. The molecule has 1 rings (SSSR count). The molecule has 1 amide bonds. The van der Waals surface area contributed by atoms with E-state index in [1.807, 2.05) is 11.8 Å². The zero-order valence-electron chi connectivity index (χ0n) is 12.7. The van der Waals surface area contributed by atoms with Gasteiger partial charge in [-0.2, -0.15) is 0 Å². The maximum absolute atomic E-state index is 12.0. The van der Waals surface area contributed by atoms with Gasteiger partial charge in [-0.25, -0.2) is 0 Å². The molecular weight excluding hydrogens is 286 g/mol. The third-order valence-corrected chi connectivity index (χ3v) is 3.11. The summed E-state index contributed by atoms with van der Waals surface area (Å²) >= 11 is 4.88. The second-order valence-electron chi connectivity index (χ2n) is 5.61. The third-order valence-electron chi connectivity index (χ3n) is 2.88. The van der Waals surface area contributed by atoms with Crippen molar-refractivity contribution in [3.05, 3.63) is 29.8 Å². The van der Waals surface area contributed by atoms with Gasteiger partial charge in [-0.1, -0.05) is 19.1 Å². The van der Waals surface area contributed by atoms with Crippen molar-refractivity contribution in [2.75, 3.05) is 25.0 Å². The molecule has 116 valence electrons. The van der Waals surface area contributed by atoms with Crippen LogP contribution in [-0.4, -0.2) is 46.1 Å². The van der Waals surface area contributed by atoms with Crippen molar-refractivity contribution in [2.24, 2.45) is 5.73 Å². The van der Waals surface area contributed by atoms with Gasteiger partial charge in [-0.05, 0) is 44.7 Å². The maximum Gasteiger partial charge on any atom is 0.238 e. The summed E-state index contributed by atoms with van der Waals surface area (Å²) in [5, 5.41) is 12.6. The van der Waals surface area contributed by atoms with Gasteiger partial charge < -0.3 is 16.2 Å². The molecule has 0 fully saturated rings. The topological polar surface area (TPSA) is 78.6 Å². The van der Waals surface area contributed by atoms with Crippen LogP contribution in [0.3, 0.4) is 0 Å². The molecule has 21 heavy (non-hydrogen) atoms. The fraction of sp³-hybridized carbons (Fsp3) is 0.467. The largest absolute Gasteiger partial charge is 0.389 e. The van der Waals surface area contributed by atoms with Gasteiger partial charge in [-0.3, -0.25) is 9.69 Å². The van der Waals surface area contributed by atoms with Gasteiger partial charge in [0.15, 0.2) is 0 Å². The summed E-state index contributed by atoms with van der Waals surface area (Å²) in [4.78, 5) is 14.2. The van der Waals surface area contributed by atoms with E-state index in [2.05, 4.69) is 5.32 Å². The molecule has 0 heterocycles. The van der Waals surface area contributed by atoms with E-state index in [4.69, 9.17) is 18.0 Å². The lowest BCUT2D eigenvalue weighted by Crippen LogP contribution is -2.42. The summed E-state index contributed by atoms with van der Waals surface area (Å²) in [7, 11) is 0. The van der Waals surface area contributed by atoms with Gasteiger partial charge in [-0.15, -0.1) is 0 Å². The van der Waals surface area contributed by atoms with Crippen LogP contribution in [0.25, 0.3) is 0 Å². The molecule has 0 saturated carbocycles. The number of carbonyl (C=O) groups excluding carboxylic acids is 1. The molecule has 0 aliphatic carbocycles. The Kier molecular flexibility index (Phi) is 6.26. The van der Waals surface area contributed by atoms with Gasteiger partial charge >= 0.3 is 0 Å². The quantitative estimate of drug-likeness (QED) is 0.663. The average Bonchev–Trinajstić information content (AvgIpc) is 2.36. The van der Waals surface area contributed by atoms with Crippen molar-refractivity contribution >= 4 is 28.8 Å². The average molecular weight is 309 g/mol. The molecule has 0 saturated heterocycles. The molecule has 6 heteroatoms. The minimum atomic E-state index is -0.825. The van der Waals surface area contributed by atoms with E-state index in [0.717, 1.165) is 5.56 Å². The van der Waals surface area contributed by atoms with E-state index in [1.54, 1.807) is 38.1 Å². The van der Waals surface area contributed by atoms with Crippen molar-refractivity contribution in [2.45, 2.75) is 26.4 Å². The highest BCUT2D eigenvalue weighted by molar-refractivity contribution is 7.80. The molecule has 0 aliphatic rings. The molecule has 0 bridgehead atoms. The third kappa shape index (κ3) is 6.66. The number of hydrogen-bond donors (Lipinski definition) is 3. The first-order chi connectivity index (χ1) is 9.71. The van der Waals surface area contributed by atoms with Crippen molar-refractivity contribution in [3.8, 4) is 0 Å². The first-order valence-electron chi connectivity index (χ1n) is 6.85. The zero-order chi connectivity index (χ0) is 16.0. The first kappa shape index (κ1) is 17.6. The number of anilines is 1. The number of thiocarbonyl (C=S) groups is 1. The fourth-order valence-electron chi connectivity index (χ4n) is 1.95. The highest BCUT2D eigenvalue weighted by Crippen LogP contribution is 2.10. The summed E-state index contributed by atoms with van der Waals surface area (Å²) in [5.74, 6) is -0.121. The van der Waals surface area contributed by atoms with Gasteiger partial charge in [0, 0.05) is 17.8 Å². The molecule has 0 aliphatic heterocycles. The number of carbonyl (C=O) groups is 1. The number of benzene rings is 1. The van der Waals surface area contributed by atoms with Crippen molar-refractivity contribution in [1.29, 1.82) is 0 Å². The Hall–Kier alpha value is -1.50.